The Morgan fingerprint density at radius 3 is 2.82 bits per heavy atom. The molecule has 176 valence electrons. The predicted molar refractivity (Wildman–Crippen MR) is 128 cm³/mol. The normalized spacial score (nSPS) is 21.9. The molecule has 0 radical (unpaired) electrons. The number of para-hydroxylation sites is 1. The number of aliphatic hydroxyl groups is 1. The first-order chi connectivity index (χ1) is 16.4. The average Bonchev–Trinajstić information content (AvgIpc) is 2.84. The van der Waals surface area contributed by atoms with E-state index in [2.05, 4.69) is 25.9 Å². The van der Waals surface area contributed by atoms with Crippen LogP contribution in [0.15, 0.2) is 42.5 Å². The van der Waals surface area contributed by atoms with E-state index >= 15 is 0 Å². The third-order valence-electron chi connectivity index (χ3n) is 6.45. The molecule has 0 unspecified atom stereocenters. The highest BCUT2D eigenvalue weighted by atomic mass is 16.5. The van der Waals surface area contributed by atoms with Crippen molar-refractivity contribution in [3.8, 4) is 5.75 Å². The van der Waals surface area contributed by atoms with Gasteiger partial charge < -0.3 is 25.8 Å². The number of nitrogens with zero attached hydrogens (tertiary/aromatic N) is 2. The van der Waals surface area contributed by atoms with E-state index in [9.17, 15) is 14.7 Å². The molecule has 0 saturated heterocycles. The Morgan fingerprint density at radius 2 is 2.00 bits per heavy atom. The van der Waals surface area contributed by atoms with E-state index in [1.165, 1.54) is 0 Å². The predicted octanol–water partition coefficient (Wildman–Crippen LogP) is 2.67. The molecule has 2 aliphatic rings. The number of pyridine rings is 2. The number of rotatable bonds is 5. The molecular formula is C25H27N5O4. The quantitative estimate of drug-likeness (QED) is 0.460. The molecule has 1 saturated carbocycles. The van der Waals surface area contributed by atoms with Gasteiger partial charge in [0.15, 0.2) is 18.2 Å². The molecule has 4 N–H and O–H groups in total. The number of amides is 2. The molecule has 2 amide bonds. The fraction of sp³-hybridized carbons (Fsp3) is 0.360. The number of fused-ring (bicyclic) bond motifs is 2. The summed E-state index contributed by atoms with van der Waals surface area (Å²) >= 11 is 0. The van der Waals surface area contributed by atoms with Gasteiger partial charge in [0.25, 0.3) is 11.8 Å². The van der Waals surface area contributed by atoms with Crippen LogP contribution in [0.4, 0.5) is 11.5 Å². The molecule has 1 aromatic carbocycles. The van der Waals surface area contributed by atoms with Crippen LogP contribution in [-0.2, 0) is 16.1 Å². The van der Waals surface area contributed by atoms with E-state index in [1.54, 1.807) is 6.07 Å². The lowest BCUT2D eigenvalue weighted by atomic mass is 9.81. The lowest BCUT2D eigenvalue weighted by molar-refractivity contribution is -0.137. The molecule has 9 nitrogen and oxygen atoms in total. The number of ether oxygens (including phenoxy) is 1. The van der Waals surface area contributed by atoms with E-state index in [-0.39, 0.29) is 18.6 Å². The van der Waals surface area contributed by atoms with Crippen molar-refractivity contribution < 1.29 is 19.4 Å². The van der Waals surface area contributed by atoms with Gasteiger partial charge in [-0.15, -0.1) is 0 Å². The summed E-state index contributed by atoms with van der Waals surface area (Å²) in [5.41, 5.74) is 1.55. The highest BCUT2D eigenvalue weighted by Crippen LogP contribution is 2.31. The van der Waals surface area contributed by atoms with Gasteiger partial charge in [-0.3, -0.25) is 14.6 Å². The topological polar surface area (TPSA) is 125 Å². The molecule has 0 atom stereocenters. The van der Waals surface area contributed by atoms with Crippen LogP contribution >= 0.6 is 0 Å². The summed E-state index contributed by atoms with van der Waals surface area (Å²) < 4.78 is 5.34. The smallest absolute Gasteiger partial charge is 0.263 e. The number of anilines is 2. The second-order valence-electron chi connectivity index (χ2n) is 8.96. The lowest BCUT2D eigenvalue weighted by Crippen LogP contribution is -2.48. The van der Waals surface area contributed by atoms with Crippen molar-refractivity contribution in [1.29, 1.82) is 0 Å². The van der Waals surface area contributed by atoms with Gasteiger partial charge >= 0.3 is 0 Å². The molecule has 3 heterocycles. The molecule has 9 heteroatoms. The van der Waals surface area contributed by atoms with Gasteiger partial charge in [-0.2, -0.15) is 0 Å². The maximum atomic E-state index is 13.0. The van der Waals surface area contributed by atoms with E-state index < -0.39 is 11.5 Å². The Hall–Kier alpha value is -3.56. The fourth-order valence-electron chi connectivity index (χ4n) is 4.46. The largest absolute Gasteiger partial charge is 0.480 e. The van der Waals surface area contributed by atoms with Crippen molar-refractivity contribution in [2.24, 2.45) is 0 Å². The SMILES string of the molecule is Cc1ccc2cccc(NC(=O)[C@]3(O)CC[C@@H](NCc4ccc5c(n4)NC(=O)CO5)CC3)c2n1. The second-order valence-corrected chi connectivity index (χ2v) is 8.96. The first-order valence-corrected chi connectivity index (χ1v) is 11.5. The maximum absolute atomic E-state index is 13.0. The summed E-state index contributed by atoms with van der Waals surface area (Å²) in [4.78, 5) is 33.5. The van der Waals surface area contributed by atoms with Crippen molar-refractivity contribution in [2.45, 2.75) is 50.8 Å². The molecule has 1 aliphatic carbocycles. The molecule has 2 aromatic heterocycles. The summed E-state index contributed by atoms with van der Waals surface area (Å²) in [7, 11) is 0. The molecule has 1 fully saturated rings. The van der Waals surface area contributed by atoms with Gasteiger partial charge in [0, 0.05) is 23.7 Å². The zero-order valence-corrected chi connectivity index (χ0v) is 18.9. The van der Waals surface area contributed by atoms with Crippen molar-refractivity contribution in [3.05, 3.63) is 53.9 Å². The molecule has 5 rings (SSSR count). The van der Waals surface area contributed by atoms with Crippen LogP contribution in [0.1, 0.15) is 37.1 Å². The Balaban J connectivity index is 1.18. The van der Waals surface area contributed by atoms with Gasteiger partial charge in [0.2, 0.25) is 0 Å². The van der Waals surface area contributed by atoms with E-state index in [0.717, 1.165) is 16.8 Å². The van der Waals surface area contributed by atoms with Gasteiger partial charge in [0.05, 0.1) is 16.9 Å². The van der Waals surface area contributed by atoms with Crippen LogP contribution < -0.4 is 20.7 Å². The van der Waals surface area contributed by atoms with Crippen molar-refractivity contribution in [2.75, 3.05) is 17.2 Å². The fourth-order valence-corrected chi connectivity index (χ4v) is 4.46. The summed E-state index contributed by atoms with van der Waals surface area (Å²) in [5.74, 6) is 0.384. The van der Waals surface area contributed by atoms with Crippen LogP contribution in [0.2, 0.25) is 0 Å². The Labute approximate surface area is 196 Å². The monoisotopic (exact) mass is 461 g/mol. The minimum Gasteiger partial charge on any atom is -0.480 e. The third-order valence-corrected chi connectivity index (χ3v) is 6.45. The van der Waals surface area contributed by atoms with Gasteiger partial charge in [-0.25, -0.2) is 4.98 Å². The number of aromatic nitrogens is 2. The van der Waals surface area contributed by atoms with Crippen LogP contribution in [0.25, 0.3) is 10.9 Å². The van der Waals surface area contributed by atoms with Gasteiger partial charge in [-0.1, -0.05) is 18.2 Å². The summed E-state index contributed by atoms with van der Waals surface area (Å²) in [6.45, 7) is 2.42. The zero-order chi connectivity index (χ0) is 23.7. The molecule has 1 aliphatic heterocycles. The van der Waals surface area contributed by atoms with Crippen LogP contribution in [0.3, 0.4) is 0 Å². The lowest BCUT2D eigenvalue weighted by Gasteiger charge is -2.35. The minimum atomic E-state index is -1.42. The van der Waals surface area contributed by atoms with Crippen LogP contribution in [-0.4, -0.2) is 45.1 Å². The second kappa shape index (κ2) is 9.00. The van der Waals surface area contributed by atoms with Crippen molar-refractivity contribution in [1.82, 2.24) is 15.3 Å². The summed E-state index contributed by atoms with van der Waals surface area (Å²) in [6, 6.07) is 13.3. The van der Waals surface area contributed by atoms with E-state index in [4.69, 9.17) is 4.74 Å². The highest BCUT2D eigenvalue weighted by Gasteiger charge is 2.40. The first-order valence-electron chi connectivity index (χ1n) is 11.5. The van der Waals surface area contributed by atoms with Gasteiger partial charge in [-0.05, 0) is 56.9 Å². The van der Waals surface area contributed by atoms with E-state index in [1.807, 2.05) is 43.3 Å². The van der Waals surface area contributed by atoms with Crippen LogP contribution in [0, 0.1) is 6.92 Å². The zero-order valence-electron chi connectivity index (χ0n) is 18.9. The standard InChI is InChI=1S/C25H27N5O4/c1-15-5-6-16-3-2-4-19(22(16)27-15)29-24(32)25(33)11-9-17(10-12-25)26-13-18-7-8-20-23(28-18)30-21(31)14-34-20/h2-8,17,26,33H,9-14H2,1H3,(H,29,32)(H,28,30,31)/t17-,25+. The highest BCUT2D eigenvalue weighted by molar-refractivity contribution is 6.03. The van der Waals surface area contributed by atoms with Crippen LogP contribution in [0.5, 0.6) is 5.75 Å². The third kappa shape index (κ3) is 4.57. The molecule has 34 heavy (non-hydrogen) atoms. The number of nitrogens with one attached hydrogen (secondary N) is 3. The van der Waals surface area contributed by atoms with E-state index in [0.29, 0.717) is 55.0 Å². The Morgan fingerprint density at radius 1 is 1.18 bits per heavy atom. The Kier molecular flexibility index (Phi) is 5.89. The molecule has 0 spiro atoms. The Bertz CT molecular complexity index is 1250. The summed E-state index contributed by atoms with van der Waals surface area (Å²) in [6.07, 6.45) is 2.02. The average molecular weight is 462 g/mol. The molecule has 3 aromatic rings. The van der Waals surface area contributed by atoms with Crippen molar-refractivity contribution >= 4 is 34.2 Å². The number of carbonyl (C=O) groups is 2. The number of carbonyl (C=O) groups excluding carboxylic acids is 2. The number of aryl methyl sites for hydroxylation is 1. The van der Waals surface area contributed by atoms with Crippen molar-refractivity contribution in [3.63, 3.8) is 0 Å². The number of hydrogen-bond donors (Lipinski definition) is 4. The van der Waals surface area contributed by atoms with Gasteiger partial charge in [0.1, 0.15) is 5.60 Å². The first kappa shape index (κ1) is 22.2. The number of benzene rings is 1. The number of hydrogen-bond acceptors (Lipinski definition) is 7. The minimum absolute atomic E-state index is 0.00148. The summed E-state index contributed by atoms with van der Waals surface area (Å²) in [5, 5.41) is 21.1. The maximum Gasteiger partial charge on any atom is 0.263 e. The molecule has 0 bridgehead atoms. The molecular weight excluding hydrogens is 434 g/mol.